The Kier molecular flexibility index (Phi) is 3.49. The van der Waals surface area contributed by atoms with E-state index in [2.05, 4.69) is 20.9 Å². The molecule has 0 fully saturated rings. The first-order valence-corrected chi connectivity index (χ1v) is 7.75. The van der Waals surface area contributed by atoms with Crippen LogP contribution in [0.1, 0.15) is 5.56 Å². The van der Waals surface area contributed by atoms with Crippen molar-refractivity contribution in [3.63, 3.8) is 0 Å². The van der Waals surface area contributed by atoms with Crippen molar-refractivity contribution in [3.05, 3.63) is 49.0 Å². The number of aromatic nitrogens is 1. The molecule has 0 spiro atoms. The van der Waals surface area contributed by atoms with Crippen LogP contribution in [0.2, 0.25) is 4.34 Å². The molecule has 21 heavy (non-hydrogen) atoms. The van der Waals surface area contributed by atoms with E-state index in [1.54, 1.807) is 6.07 Å². The average Bonchev–Trinajstić information content (AvgIpc) is 2.76. The van der Waals surface area contributed by atoms with Gasteiger partial charge in [0, 0.05) is 10.0 Å². The van der Waals surface area contributed by atoms with Crippen molar-refractivity contribution in [1.29, 1.82) is 5.26 Å². The third kappa shape index (κ3) is 2.23. The second-order valence-electron chi connectivity index (χ2n) is 4.25. The van der Waals surface area contributed by atoms with E-state index in [0.29, 0.717) is 20.1 Å². The Morgan fingerprint density at radius 2 is 2.00 bits per heavy atom. The Labute approximate surface area is 136 Å². The van der Waals surface area contributed by atoms with E-state index in [0.717, 1.165) is 21.4 Å². The Hall–Kier alpha value is -1.81. The predicted octanol–water partition coefficient (Wildman–Crippen LogP) is 4.25. The number of fused-ring (bicyclic) bond motifs is 1. The number of halogens is 2. The Morgan fingerprint density at radius 1 is 1.33 bits per heavy atom. The second-order valence-corrected chi connectivity index (χ2v) is 6.79. The molecule has 0 aliphatic heterocycles. The molecule has 0 amide bonds. The zero-order valence-corrected chi connectivity index (χ0v) is 13.4. The molecule has 2 N–H and O–H groups in total. The highest BCUT2D eigenvalue weighted by Gasteiger charge is 2.20. The van der Waals surface area contributed by atoms with Gasteiger partial charge in [0.2, 0.25) is 0 Å². The summed E-state index contributed by atoms with van der Waals surface area (Å²) >= 11 is 10.8. The van der Waals surface area contributed by atoms with E-state index in [4.69, 9.17) is 16.9 Å². The largest absolute Gasteiger partial charge is 0.506 e. The molecule has 7 heteroatoms. The monoisotopic (exact) mass is 380 g/mol. The summed E-state index contributed by atoms with van der Waals surface area (Å²) < 4.78 is 1.35. The number of aromatic amines is 1. The fraction of sp³-hybridized carbons (Fsp3) is 0. The van der Waals surface area contributed by atoms with Crippen LogP contribution in [0.4, 0.5) is 0 Å². The number of hydrogen-bond acceptors (Lipinski definition) is 4. The minimum atomic E-state index is -0.622. The summed E-state index contributed by atoms with van der Waals surface area (Å²) in [5.41, 5.74) is 0.466. The standard InChI is InChI=1S/C14H6BrClN2O2S/c15-7-3-1-6(2-4-7)9-10-11(19)8(5-17)13(20)18-14(10)21-12(9)16/h1-4H,(H2,18,19,20). The fourth-order valence-electron chi connectivity index (χ4n) is 2.09. The third-order valence-corrected chi connectivity index (χ3v) is 4.88. The highest BCUT2D eigenvalue weighted by Crippen LogP contribution is 2.45. The van der Waals surface area contributed by atoms with Gasteiger partial charge in [-0.15, -0.1) is 11.3 Å². The number of pyridine rings is 1. The molecule has 3 rings (SSSR count). The Bertz CT molecular complexity index is 954. The number of nitriles is 1. The van der Waals surface area contributed by atoms with Crippen molar-refractivity contribution in [3.8, 4) is 22.9 Å². The van der Waals surface area contributed by atoms with Crippen molar-refractivity contribution in [2.75, 3.05) is 0 Å². The van der Waals surface area contributed by atoms with Crippen LogP contribution in [-0.4, -0.2) is 10.1 Å². The number of aromatic hydroxyl groups is 1. The highest BCUT2D eigenvalue weighted by molar-refractivity contribution is 9.10. The van der Waals surface area contributed by atoms with Crippen LogP contribution in [-0.2, 0) is 0 Å². The Balaban J connectivity index is 2.43. The minimum Gasteiger partial charge on any atom is -0.506 e. The molecule has 2 aromatic heterocycles. The smallest absolute Gasteiger partial charge is 0.270 e. The van der Waals surface area contributed by atoms with Gasteiger partial charge in [0.25, 0.3) is 5.56 Å². The van der Waals surface area contributed by atoms with Gasteiger partial charge < -0.3 is 10.1 Å². The fourth-order valence-corrected chi connectivity index (χ4v) is 3.74. The number of H-pyrrole nitrogens is 1. The van der Waals surface area contributed by atoms with Gasteiger partial charge in [0.15, 0.2) is 5.56 Å². The van der Waals surface area contributed by atoms with Crippen LogP contribution < -0.4 is 5.56 Å². The number of nitrogens with one attached hydrogen (secondary N) is 1. The predicted molar refractivity (Wildman–Crippen MR) is 87.0 cm³/mol. The highest BCUT2D eigenvalue weighted by atomic mass is 79.9. The second kappa shape index (κ2) is 5.19. The first-order chi connectivity index (χ1) is 10.0. The van der Waals surface area contributed by atoms with E-state index < -0.39 is 5.56 Å². The van der Waals surface area contributed by atoms with Crippen LogP contribution >= 0.6 is 38.9 Å². The van der Waals surface area contributed by atoms with E-state index in [9.17, 15) is 9.90 Å². The van der Waals surface area contributed by atoms with Gasteiger partial charge in [-0.2, -0.15) is 5.26 Å². The van der Waals surface area contributed by atoms with Gasteiger partial charge in [0.05, 0.1) is 5.39 Å². The molecule has 104 valence electrons. The number of benzene rings is 1. The molecule has 4 nitrogen and oxygen atoms in total. The van der Waals surface area contributed by atoms with E-state index in [-0.39, 0.29) is 11.3 Å². The average molecular weight is 382 g/mol. The summed E-state index contributed by atoms with van der Waals surface area (Å²) in [6, 6.07) is 9.10. The third-order valence-electron chi connectivity index (χ3n) is 3.04. The molecule has 0 unspecified atom stereocenters. The van der Waals surface area contributed by atoms with E-state index in [1.807, 2.05) is 24.3 Å². The van der Waals surface area contributed by atoms with E-state index >= 15 is 0 Å². The lowest BCUT2D eigenvalue weighted by Crippen LogP contribution is -2.09. The van der Waals surface area contributed by atoms with Crippen molar-refractivity contribution in [2.45, 2.75) is 0 Å². The van der Waals surface area contributed by atoms with Crippen molar-refractivity contribution >= 4 is 49.1 Å². The molecule has 3 aromatic rings. The summed E-state index contributed by atoms with van der Waals surface area (Å²) in [5, 5.41) is 19.6. The molecule has 0 bridgehead atoms. The van der Waals surface area contributed by atoms with E-state index in [1.165, 1.54) is 0 Å². The van der Waals surface area contributed by atoms with Crippen molar-refractivity contribution in [1.82, 2.24) is 4.98 Å². The SMILES string of the molecule is N#Cc1c(O)c2c(-c3ccc(Br)cc3)c(Cl)sc2[nH]c1=O. The van der Waals surface area contributed by atoms with Crippen LogP contribution in [0.5, 0.6) is 5.75 Å². The normalized spacial score (nSPS) is 10.7. The van der Waals surface area contributed by atoms with Gasteiger partial charge in [-0.1, -0.05) is 39.7 Å². The maximum Gasteiger partial charge on any atom is 0.270 e. The van der Waals surface area contributed by atoms with Crippen LogP contribution in [0.15, 0.2) is 33.5 Å². The lowest BCUT2D eigenvalue weighted by molar-refractivity contribution is 0.479. The molecule has 0 atom stereocenters. The summed E-state index contributed by atoms with van der Waals surface area (Å²) in [6.45, 7) is 0. The zero-order valence-electron chi connectivity index (χ0n) is 10.3. The summed E-state index contributed by atoms with van der Waals surface area (Å²) in [4.78, 5) is 14.7. The summed E-state index contributed by atoms with van der Waals surface area (Å²) in [5.74, 6) is -0.336. The lowest BCUT2D eigenvalue weighted by atomic mass is 10.0. The van der Waals surface area contributed by atoms with Crippen molar-refractivity contribution in [2.24, 2.45) is 0 Å². The topological polar surface area (TPSA) is 76.9 Å². The van der Waals surface area contributed by atoms with Gasteiger partial charge in [0.1, 0.15) is 21.0 Å². The molecule has 0 saturated carbocycles. The number of hydrogen-bond donors (Lipinski definition) is 2. The first kappa shape index (κ1) is 14.1. The zero-order chi connectivity index (χ0) is 15.1. The maximum absolute atomic E-state index is 11.7. The van der Waals surface area contributed by atoms with Gasteiger partial charge in [-0.25, -0.2) is 0 Å². The number of thiophene rings is 1. The molecule has 1 aromatic carbocycles. The van der Waals surface area contributed by atoms with Gasteiger partial charge >= 0.3 is 0 Å². The summed E-state index contributed by atoms with van der Waals surface area (Å²) in [6.07, 6.45) is 0. The molecule has 0 saturated heterocycles. The number of rotatable bonds is 1. The molecule has 2 heterocycles. The maximum atomic E-state index is 11.7. The van der Waals surface area contributed by atoms with Crippen LogP contribution in [0, 0.1) is 11.3 Å². The molecule has 0 aliphatic carbocycles. The molecular formula is C14H6BrClN2O2S. The minimum absolute atomic E-state index is 0.310. The van der Waals surface area contributed by atoms with Crippen LogP contribution in [0.25, 0.3) is 21.3 Å². The summed E-state index contributed by atoms with van der Waals surface area (Å²) in [7, 11) is 0. The van der Waals surface area contributed by atoms with Crippen LogP contribution in [0.3, 0.4) is 0 Å². The molecule has 0 radical (unpaired) electrons. The molecule has 0 aliphatic rings. The van der Waals surface area contributed by atoms with Gasteiger partial charge in [-0.05, 0) is 17.7 Å². The Morgan fingerprint density at radius 3 is 2.62 bits per heavy atom. The lowest BCUT2D eigenvalue weighted by Gasteiger charge is -2.04. The molecular weight excluding hydrogens is 376 g/mol. The van der Waals surface area contributed by atoms with Gasteiger partial charge in [-0.3, -0.25) is 4.79 Å². The first-order valence-electron chi connectivity index (χ1n) is 5.76. The van der Waals surface area contributed by atoms with Crippen molar-refractivity contribution < 1.29 is 5.11 Å². The number of nitrogens with zero attached hydrogens (tertiary/aromatic N) is 1. The quantitative estimate of drug-likeness (QED) is 0.661.